The molecule has 2 aromatic rings. The molecule has 0 aliphatic carbocycles. The SMILES string of the molecule is O=C=Nc1ccccc1C(Cl)(N=C=O)c1ccccc1. The van der Waals surface area contributed by atoms with E-state index in [4.69, 9.17) is 11.6 Å². The van der Waals surface area contributed by atoms with E-state index in [0.717, 1.165) is 0 Å². The zero-order chi connectivity index (χ0) is 14.4. The molecule has 0 aliphatic heterocycles. The third-order valence-electron chi connectivity index (χ3n) is 2.78. The summed E-state index contributed by atoms with van der Waals surface area (Å²) in [4.78, 5) is 27.1. The highest BCUT2D eigenvalue weighted by atomic mass is 35.5. The lowest BCUT2D eigenvalue weighted by Crippen LogP contribution is -2.17. The monoisotopic (exact) mass is 284 g/mol. The van der Waals surface area contributed by atoms with Gasteiger partial charge in [0.05, 0.1) is 5.69 Å². The predicted octanol–water partition coefficient (Wildman–Crippen LogP) is 3.43. The van der Waals surface area contributed by atoms with Crippen LogP contribution in [0.4, 0.5) is 5.69 Å². The van der Waals surface area contributed by atoms with Gasteiger partial charge in [0.1, 0.15) is 0 Å². The molecule has 0 heterocycles. The van der Waals surface area contributed by atoms with Crippen molar-refractivity contribution in [2.75, 3.05) is 0 Å². The molecule has 5 heteroatoms. The van der Waals surface area contributed by atoms with Gasteiger partial charge in [-0.2, -0.15) is 9.98 Å². The van der Waals surface area contributed by atoms with Gasteiger partial charge >= 0.3 is 0 Å². The van der Waals surface area contributed by atoms with E-state index < -0.39 is 5.00 Å². The maximum Gasteiger partial charge on any atom is 0.240 e. The van der Waals surface area contributed by atoms with Crippen molar-refractivity contribution < 1.29 is 9.59 Å². The third kappa shape index (κ3) is 2.58. The summed E-state index contributed by atoms with van der Waals surface area (Å²) in [6.07, 6.45) is 2.94. The highest BCUT2D eigenvalue weighted by Gasteiger charge is 2.33. The van der Waals surface area contributed by atoms with Crippen LogP contribution in [0.15, 0.2) is 64.6 Å². The standard InChI is InChI=1S/C15H9ClN2O2/c16-15(18-11-20,12-6-2-1-3-7-12)13-8-4-5-9-14(13)17-10-19/h1-9H. The summed E-state index contributed by atoms with van der Waals surface area (Å²) >= 11 is 6.51. The van der Waals surface area contributed by atoms with Crippen LogP contribution >= 0.6 is 11.6 Å². The van der Waals surface area contributed by atoms with Crippen molar-refractivity contribution >= 4 is 29.4 Å². The first-order chi connectivity index (χ1) is 9.72. The van der Waals surface area contributed by atoms with Crippen LogP contribution in [0.2, 0.25) is 0 Å². The average molecular weight is 285 g/mol. The molecule has 98 valence electrons. The number of hydrogen-bond acceptors (Lipinski definition) is 4. The Hall–Kier alpha value is -2.51. The minimum absolute atomic E-state index is 0.306. The van der Waals surface area contributed by atoms with Crippen molar-refractivity contribution in [2.24, 2.45) is 9.98 Å². The fraction of sp³-hybridized carbons (Fsp3) is 0.0667. The Morgan fingerprint density at radius 3 is 2.20 bits per heavy atom. The molecule has 0 aliphatic rings. The van der Waals surface area contributed by atoms with Crippen LogP contribution in [0.5, 0.6) is 0 Å². The van der Waals surface area contributed by atoms with Crippen molar-refractivity contribution in [1.82, 2.24) is 0 Å². The van der Waals surface area contributed by atoms with Crippen molar-refractivity contribution in [1.29, 1.82) is 0 Å². The Labute approximate surface area is 120 Å². The molecular formula is C15H9ClN2O2. The van der Waals surface area contributed by atoms with Crippen LogP contribution in [0.1, 0.15) is 11.1 Å². The lowest BCUT2D eigenvalue weighted by atomic mass is 9.97. The number of aliphatic imine (C=N–C) groups is 2. The number of para-hydroxylation sites is 1. The first-order valence-electron chi connectivity index (χ1n) is 5.73. The Morgan fingerprint density at radius 2 is 1.55 bits per heavy atom. The van der Waals surface area contributed by atoms with E-state index in [1.54, 1.807) is 48.5 Å². The van der Waals surface area contributed by atoms with E-state index in [2.05, 4.69) is 9.98 Å². The highest BCUT2D eigenvalue weighted by Crippen LogP contribution is 2.42. The Balaban J connectivity index is 2.72. The Morgan fingerprint density at radius 1 is 0.900 bits per heavy atom. The van der Waals surface area contributed by atoms with Crippen LogP contribution in [-0.4, -0.2) is 12.2 Å². The zero-order valence-electron chi connectivity index (χ0n) is 10.3. The molecule has 1 atom stereocenters. The summed E-state index contributed by atoms with van der Waals surface area (Å²) in [6.45, 7) is 0. The number of carbonyl (C=O) groups excluding carboxylic acids is 2. The number of hydrogen-bond donors (Lipinski definition) is 0. The van der Waals surface area contributed by atoms with E-state index in [-0.39, 0.29) is 0 Å². The second-order valence-corrected chi connectivity index (χ2v) is 4.46. The van der Waals surface area contributed by atoms with E-state index >= 15 is 0 Å². The van der Waals surface area contributed by atoms with E-state index in [1.807, 2.05) is 6.07 Å². The fourth-order valence-electron chi connectivity index (χ4n) is 1.90. The van der Waals surface area contributed by atoms with Crippen LogP contribution in [-0.2, 0) is 14.6 Å². The summed E-state index contributed by atoms with van der Waals surface area (Å²) in [5.41, 5.74) is 1.30. The summed E-state index contributed by atoms with van der Waals surface area (Å²) in [5, 5.41) is 0. The van der Waals surface area contributed by atoms with Gasteiger partial charge in [-0.25, -0.2) is 9.59 Å². The number of halogens is 1. The largest absolute Gasteiger partial charge is 0.240 e. The quantitative estimate of drug-likeness (QED) is 0.374. The van der Waals surface area contributed by atoms with Crippen molar-refractivity contribution in [3.63, 3.8) is 0 Å². The molecule has 4 nitrogen and oxygen atoms in total. The van der Waals surface area contributed by atoms with Gasteiger partial charge in [-0.15, -0.1) is 0 Å². The van der Waals surface area contributed by atoms with Crippen LogP contribution < -0.4 is 0 Å². The second-order valence-electron chi connectivity index (χ2n) is 3.91. The Kier molecular flexibility index (Phi) is 4.24. The maximum atomic E-state index is 10.8. The number of benzene rings is 2. The molecule has 0 spiro atoms. The molecule has 0 N–H and O–H groups in total. The van der Waals surface area contributed by atoms with Gasteiger partial charge in [0.2, 0.25) is 12.2 Å². The molecular weight excluding hydrogens is 276 g/mol. The fourth-order valence-corrected chi connectivity index (χ4v) is 2.22. The average Bonchev–Trinajstić information content (AvgIpc) is 2.49. The van der Waals surface area contributed by atoms with Gasteiger partial charge in [-0.05, 0) is 6.07 Å². The minimum atomic E-state index is -1.47. The molecule has 2 rings (SSSR count). The number of rotatable bonds is 4. The number of alkyl halides is 1. The summed E-state index contributed by atoms with van der Waals surface area (Å²) in [7, 11) is 0. The summed E-state index contributed by atoms with van der Waals surface area (Å²) in [6, 6.07) is 15.5. The first kappa shape index (κ1) is 13.9. The number of isocyanates is 2. The number of nitrogens with zero attached hydrogens (tertiary/aromatic N) is 2. The molecule has 0 saturated heterocycles. The normalized spacial score (nSPS) is 12.7. The first-order valence-corrected chi connectivity index (χ1v) is 6.11. The molecule has 0 bridgehead atoms. The summed E-state index contributed by atoms with van der Waals surface area (Å²) < 4.78 is 0. The van der Waals surface area contributed by atoms with E-state index in [0.29, 0.717) is 16.8 Å². The molecule has 0 saturated carbocycles. The molecule has 20 heavy (non-hydrogen) atoms. The smallest absolute Gasteiger partial charge is 0.211 e. The molecule has 2 aromatic carbocycles. The van der Waals surface area contributed by atoms with Gasteiger partial charge in [0.25, 0.3) is 0 Å². The van der Waals surface area contributed by atoms with Gasteiger partial charge in [-0.3, -0.25) is 0 Å². The van der Waals surface area contributed by atoms with Crippen LogP contribution in [0.25, 0.3) is 0 Å². The second kappa shape index (κ2) is 6.09. The maximum absolute atomic E-state index is 10.8. The van der Waals surface area contributed by atoms with Gasteiger partial charge in [0.15, 0.2) is 5.00 Å². The van der Waals surface area contributed by atoms with Crippen LogP contribution in [0, 0.1) is 0 Å². The third-order valence-corrected chi connectivity index (χ3v) is 3.29. The molecule has 1 unspecified atom stereocenters. The van der Waals surface area contributed by atoms with E-state index in [1.165, 1.54) is 12.2 Å². The molecule has 0 amide bonds. The van der Waals surface area contributed by atoms with Crippen LogP contribution in [0.3, 0.4) is 0 Å². The molecule has 0 aromatic heterocycles. The Bertz CT molecular complexity index is 705. The minimum Gasteiger partial charge on any atom is -0.211 e. The van der Waals surface area contributed by atoms with Crippen molar-refractivity contribution in [2.45, 2.75) is 5.00 Å². The zero-order valence-corrected chi connectivity index (χ0v) is 11.0. The van der Waals surface area contributed by atoms with Gasteiger partial charge in [-0.1, -0.05) is 60.1 Å². The lowest BCUT2D eigenvalue weighted by molar-refractivity contribution is 0.558. The van der Waals surface area contributed by atoms with E-state index in [9.17, 15) is 9.59 Å². The molecule has 0 fully saturated rings. The van der Waals surface area contributed by atoms with Crippen molar-refractivity contribution in [3.05, 3.63) is 65.7 Å². The molecule has 0 radical (unpaired) electrons. The van der Waals surface area contributed by atoms with Gasteiger partial charge in [0, 0.05) is 11.1 Å². The van der Waals surface area contributed by atoms with Crippen molar-refractivity contribution in [3.8, 4) is 0 Å². The summed E-state index contributed by atoms with van der Waals surface area (Å²) in [5.74, 6) is 0. The predicted molar refractivity (Wildman–Crippen MR) is 75.4 cm³/mol. The topological polar surface area (TPSA) is 58.9 Å². The van der Waals surface area contributed by atoms with Gasteiger partial charge < -0.3 is 0 Å². The lowest BCUT2D eigenvalue weighted by Gasteiger charge is -2.23. The highest BCUT2D eigenvalue weighted by molar-refractivity contribution is 6.26.